The van der Waals surface area contributed by atoms with Gasteiger partial charge in [-0.05, 0) is 59.7 Å². The summed E-state index contributed by atoms with van der Waals surface area (Å²) in [5.74, 6) is -0.384. The number of hydrogen-bond donors (Lipinski definition) is 0. The first-order valence-electron chi connectivity index (χ1n) is 10.9. The molecule has 2 amide bonds. The molecule has 0 saturated carbocycles. The highest BCUT2D eigenvalue weighted by Crippen LogP contribution is 2.39. The highest BCUT2D eigenvalue weighted by atomic mass is 35.5. The summed E-state index contributed by atoms with van der Waals surface area (Å²) in [6, 6.07) is 18.6. The molecule has 0 bridgehead atoms. The Bertz CT molecular complexity index is 1530. The maximum atomic E-state index is 13.2. The SMILES string of the molecule is CCc1cccc2c(/C=C3\SC(=O)N(c4ccccc4Cl)C3=O)cn(Cc3ccc(Cl)c(Cl)c3)c12. The number of aryl methyl sites for hydroxylation is 1. The van der Waals surface area contributed by atoms with Crippen molar-refractivity contribution in [3.05, 3.63) is 104 Å². The Morgan fingerprint density at radius 1 is 0.914 bits per heavy atom. The number of para-hydroxylation sites is 2. The fourth-order valence-electron chi connectivity index (χ4n) is 4.27. The summed E-state index contributed by atoms with van der Waals surface area (Å²) in [5.41, 5.74) is 4.52. The van der Waals surface area contributed by atoms with Gasteiger partial charge >= 0.3 is 0 Å². The van der Waals surface area contributed by atoms with E-state index in [-0.39, 0.29) is 11.1 Å². The fraction of sp³-hybridized carbons (Fsp3) is 0.111. The van der Waals surface area contributed by atoms with Gasteiger partial charge in [0.2, 0.25) is 0 Å². The molecule has 1 aliphatic heterocycles. The number of carbonyl (C=O) groups is 2. The van der Waals surface area contributed by atoms with E-state index in [1.54, 1.807) is 36.4 Å². The number of nitrogens with zero attached hydrogens (tertiary/aromatic N) is 2. The topological polar surface area (TPSA) is 42.3 Å². The van der Waals surface area contributed by atoms with Crippen LogP contribution in [-0.2, 0) is 17.8 Å². The summed E-state index contributed by atoms with van der Waals surface area (Å²) >= 11 is 19.5. The minimum Gasteiger partial charge on any atom is -0.342 e. The van der Waals surface area contributed by atoms with Crippen molar-refractivity contribution >= 4 is 80.4 Å². The van der Waals surface area contributed by atoms with Crippen molar-refractivity contribution in [3.8, 4) is 0 Å². The van der Waals surface area contributed by atoms with Gasteiger partial charge in [-0.3, -0.25) is 9.59 Å². The number of anilines is 1. The van der Waals surface area contributed by atoms with Crippen molar-refractivity contribution in [2.75, 3.05) is 4.90 Å². The van der Waals surface area contributed by atoms with Crippen LogP contribution in [-0.4, -0.2) is 15.7 Å². The lowest BCUT2D eigenvalue weighted by atomic mass is 10.1. The second-order valence-corrected chi connectivity index (χ2v) is 10.3. The second-order valence-electron chi connectivity index (χ2n) is 8.10. The molecule has 8 heteroatoms. The van der Waals surface area contributed by atoms with Crippen LogP contribution in [0.15, 0.2) is 71.8 Å². The Hall–Kier alpha value is -2.70. The van der Waals surface area contributed by atoms with Crippen LogP contribution in [0.3, 0.4) is 0 Å². The predicted molar refractivity (Wildman–Crippen MR) is 147 cm³/mol. The van der Waals surface area contributed by atoms with E-state index in [9.17, 15) is 9.59 Å². The molecule has 3 aromatic carbocycles. The molecule has 1 saturated heterocycles. The summed E-state index contributed by atoms with van der Waals surface area (Å²) in [6.07, 6.45) is 4.65. The molecule has 5 rings (SSSR count). The number of hydrogen-bond acceptors (Lipinski definition) is 3. The molecular weight excluding hydrogens is 523 g/mol. The molecule has 1 aromatic heterocycles. The fourth-order valence-corrected chi connectivity index (χ4v) is 5.64. The van der Waals surface area contributed by atoms with E-state index in [2.05, 4.69) is 17.6 Å². The number of amides is 2. The quantitative estimate of drug-likeness (QED) is 0.238. The van der Waals surface area contributed by atoms with Crippen LogP contribution in [0.4, 0.5) is 10.5 Å². The lowest BCUT2D eigenvalue weighted by molar-refractivity contribution is -0.113. The minimum absolute atomic E-state index is 0.349. The van der Waals surface area contributed by atoms with Crippen molar-refractivity contribution in [1.82, 2.24) is 4.57 Å². The number of imide groups is 1. The van der Waals surface area contributed by atoms with E-state index < -0.39 is 0 Å². The third kappa shape index (κ3) is 4.50. The van der Waals surface area contributed by atoms with Crippen molar-refractivity contribution in [3.63, 3.8) is 0 Å². The zero-order valence-corrected chi connectivity index (χ0v) is 21.7. The van der Waals surface area contributed by atoms with Gasteiger partial charge in [0.25, 0.3) is 11.1 Å². The van der Waals surface area contributed by atoms with Gasteiger partial charge in [0.15, 0.2) is 0 Å². The molecule has 35 heavy (non-hydrogen) atoms. The normalized spacial score (nSPS) is 15.1. The predicted octanol–water partition coefficient (Wildman–Crippen LogP) is 8.45. The molecule has 176 valence electrons. The number of thioether (sulfide) groups is 1. The zero-order chi connectivity index (χ0) is 24.7. The van der Waals surface area contributed by atoms with Crippen molar-refractivity contribution < 1.29 is 9.59 Å². The standard InChI is InChI=1S/C27H19Cl3N2O2S/c1-2-17-6-5-7-19-18(15-31(25(17)19)14-16-10-11-20(28)22(30)12-16)13-24-26(33)32(27(34)35-24)23-9-4-3-8-21(23)29/h3-13,15H,2,14H2,1H3/b24-13-. The van der Waals surface area contributed by atoms with Crippen molar-refractivity contribution in [2.45, 2.75) is 19.9 Å². The van der Waals surface area contributed by atoms with Gasteiger partial charge in [0.1, 0.15) is 0 Å². The molecule has 0 aliphatic carbocycles. The lowest BCUT2D eigenvalue weighted by Crippen LogP contribution is -2.27. The highest BCUT2D eigenvalue weighted by molar-refractivity contribution is 8.19. The number of halogens is 3. The van der Waals surface area contributed by atoms with Gasteiger partial charge in [-0.15, -0.1) is 0 Å². The van der Waals surface area contributed by atoms with Crippen molar-refractivity contribution in [2.24, 2.45) is 0 Å². The van der Waals surface area contributed by atoms with E-state index in [0.717, 1.165) is 45.1 Å². The van der Waals surface area contributed by atoms with E-state index in [0.29, 0.717) is 32.2 Å². The smallest absolute Gasteiger partial charge is 0.298 e. The summed E-state index contributed by atoms with van der Waals surface area (Å²) in [4.78, 5) is 27.5. The molecule has 0 atom stereocenters. The van der Waals surface area contributed by atoms with Crippen LogP contribution >= 0.6 is 46.6 Å². The maximum Gasteiger partial charge on any atom is 0.298 e. The summed E-state index contributed by atoms with van der Waals surface area (Å²) < 4.78 is 2.15. The number of aromatic nitrogens is 1. The Labute approximate surface area is 222 Å². The number of carbonyl (C=O) groups excluding carboxylic acids is 2. The first-order chi connectivity index (χ1) is 16.9. The maximum absolute atomic E-state index is 13.2. The van der Waals surface area contributed by atoms with Crippen LogP contribution in [0.1, 0.15) is 23.6 Å². The van der Waals surface area contributed by atoms with E-state index in [1.165, 1.54) is 5.56 Å². The Kier molecular flexibility index (Phi) is 6.69. The number of fused-ring (bicyclic) bond motifs is 1. The highest BCUT2D eigenvalue weighted by Gasteiger charge is 2.37. The van der Waals surface area contributed by atoms with Gasteiger partial charge in [-0.25, -0.2) is 4.90 Å². The van der Waals surface area contributed by atoms with Gasteiger partial charge in [-0.1, -0.05) is 78.1 Å². The molecule has 0 spiro atoms. The lowest BCUT2D eigenvalue weighted by Gasteiger charge is -2.13. The Morgan fingerprint density at radius 3 is 2.46 bits per heavy atom. The summed E-state index contributed by atoms with van der Waals surface area (Å²) in [5, 5.41) is 2.00. The number of benzene rings is 3. The molecule has 0 unspecified atom stereocenters. The molecule has 0 radical (unpaired) electrons. The van der Waals surface area contributed by atoms with Gasteiger partial charge in [0.05, 0.1) is 31.2 Å². The molecule has 4 aromatic rings. The molecule has 1 fully saturated rings. The van der Waals surface area contributed by atoms with E-state index in [4.69, 9.17) is 34.8 Å². The molecule has 1 aliphatic rings. The molecule has 0 N–H and O–H groups in total. The van der Waals surface area contributed by atoms with Crippen LogP contribution in [0.5, 0.6) is 0 Å². The first-order valence-corrected chi connectivity index (χ1v) is 12.9. The third-order valence-corrected chi connectivity index (χ3v) is 7.83. The van der Waals surface area contributed by atoms with Gasteiger partial charge in [-0.2, -0.15) is 0 Å². The third-order valence-electron chi connectivity index (χ3n) is 5.90. The molecule has 2 heterocycles. The summed E-state index contributed by atoms with van der Waals surface area (Å²) in [7, 11) is 0. The van der Waals surface area contributed by atoms with Gasteiger partial charge < -0.3 is 4.57 Å². The van der Waals surface area contributed by atoms with Crippen molar-refractivity contribution in [1.29, 1.82) is 0 Å². The van der Waals surface area contributed by atoms with Crippen LogP contribution in [0.25, 0.3) is 17.0 Å². The largest absolute Gasteiger partial charge is 0.342 e. The van der Waals surface area contributed by atoms with E-state index >= 15 is 0 Å². The van der Waals surface area contributed by atoms with Crippen LogP contribution in [0, 0.1) is 0 Å². The second kappa shape index (κ2) is 9.75. The summed E-state index contributed by atoms with van der Waals surface area (Å²) in [6.45, 7) is 2.69. The number of rotatable bonds is 5. The van der Waals surface area contributed by atoms with Gasteiger partial charge in [0, 0.05) is 23.7 Å². The average Bonchev–Trinajstić information content (AvgIpc) is 3.33. The van der Waals surface area contributed by atoms with Crippen LogP contribution in [0.2, 0.25) is 15.1 Å². The first kappa shape index (κ1) is 24.0. The molecule has 4 nitrogen and oxygen atoms in total. The average molecular weight is 542 g/mol. The Balaban J connectivity index is 1.58. The Morgan fingerprint density at radius 2 is 1.71 bits per heavy atom. The van der Waals surface area contributed by atoms with E-state index in [1.807, 2.05) is 30.5 Å². The molecular formula is C27H19Cl3N2O2S. The monoisotopic (exact) mass is 540 g/mol. The minimum atomic E-state index is -0.384. The zero-order valence-electron chi connectivity index (χ0n) is 18.6. The van der Waals surface area contributed by atoms with Crippen LogP contribution < -0.4 is 4.90 Å².